The van der Waals surface area contributed by atoms with Gasteiger partial charge < -0.3 is 19.5 Å². The van der Waals surface area contributed by atoms with E-state index < -0.39 is 23.5 Å². The van der Waals surface area contributed by atoms with Crippen molar-refractivity contribution in [2.75, 3.05) is 13.2 Å². The second kappa shape index (κ2) is 10.4. The van der Waals surface area contributed by atoms with Crippen molar-refractivity contribution in [3.05, 3.63) is 24.3 Å². The highest BCUT2D eigenvalue weighted by Gasteiger charge is 2.32. The van der Waals surface area contributed by atoms with Crippen LogP contribution < -0.4 is 14.8 Å². The minimum atomic E-state index is -1.02. The van der Waals surface area contributed by atoms with Crippen molar-refractivity contribution in [2.24, 2.45) is 5.92 Å². The minimum absolute atomic E-state index is 0.00449. The molecular formula is C20H28N2O5. The molecule has 0 aliphatic heterocycles. The van der Waals surface area contributed by atoms with Gasteiger partial charge in [-0.2, -0.15) is 5.26 Å². The van der Waals surface area contributed by atoms with E-state index in [9.17, 15) is 14.9 Å². The minimum Gasteiger partial charge on any atom is -0.494 e. The van der Waals surface area contributed by atoms with Gasteiger partial charge in [0.15, 0.2) is 6.10 Å². The molecule has 0 spiro atoms. The smallest absolute Gasteiger partial charge is 0.310 e. The lowest BCUT2D eigenvalue weighted by molar-refractivity contribution is -0.155. The highest BCUT2D eigenvalue weighted by Crippen LogP contribution is 2.18. The Morgan fingerprint density at radius 3 is 2.19 bits per heavy atom. The van der Waals surface area contributed by atoms with E-state index in [2.05, 4.69) is 11.4 Å². The van der Waals surface area contributed by atoms with E-state index in [1.54, 1.807) is 31.2 Å². The predicted molar refractivity (Wildman–Crippen MR) is 100 cm³/mol. The largest absolute Gasteiger partial charge is 0.494 e. The fourth-order valence-corrected chi connectivity index (χ4v) is 2.02. The van der Waals surface area contributed by atoms with E-state index in [1.165, 1.54) is 6.92 Å². The van der Waals surface area contributed by atoms with Crippen molar-refractivity contribution in [1.29, 1.82) is 5.26 Å². The van der Waals surface area contributed by atoms with Crippen molar-refractivity contribution in [1.82, 2.24) is 5.32 Å². The molecule has 27 heavy (non-hydrogen) atoms. The molecule has 7 heteroatoms. The molecule has 0 fully saturated rings. The number of nitrogens with zero attached hydrogens (tertiary/aromatic N) is 1. The summed E-state index contributed by atoms with van der Waals surface area (Å²) in [5, 5.41) is 11.9. The Balaban J connectivity index is 2.41. The third-order valence-electron chi connectivity index (χ3n) is 4.16. The molecular weight excluding hydrogens is 348 g/mol. The first-order valence-corrected chi connectivity index (χ1v) is 9.00. The number of ether oxygens (including phenoxy) is 3. The number of hydrogen-bond acceptors (Lipinski definition) is 6. The monoisotopic (exact) mass is 376 g/mol. The van der Waals surface area contributed by atoms with Gasteiger partial charge in [-0.15, -0.1) is 0 Å². The van der Waals surface area contributed by atoms with Crippen molar-refractivity contribution < 1.29 is 23.8 Å². The summed E-state index contributed by atoms with van der Waals surface area (Å²) in [6.45, 7) is 9.39. The van der Waals surface area contributed by atoms with Gasteiger partial charge in [-0.3, -0.25) is 9.59 Å². The molecule has 2 unspecified atom stereocenters. The molecule has 0 aromatic heterocycles. The summed E-state index contributed by atoms with van der Waals surface area (Å²) in [7, 11) is 0. The second-order valence-electron chi connectivity index (χ2n) is 6.59. The van der Waals surface area contributed by atoms with Crippen LogP contribution >= 0.6 is 0 Å². The van der Waals surface area contributed by atoms with E-state index >= 15 is 0 Å². The maximum atomic E-state index is 12.2. The van der Waals surface area contributed by atoms with Crippen molar-refractivity contribution >= 4 is 11.9 Å². The Hall–Kier alpha value is -2.75. The summed E-state index contributed by atoms with van der Waals surface area (Å²) in [5.41, 5.74) is -1.02. The number of rotatable bonds is 10. The zero-order chi connectivity index (χ0) is 20.4. The maximum absolute atomic E-state index is 12.2. The Kier molecular flexibility index (Phi) is 8.60. The van der Waals surface area contributed by atoms with Crippen LogP contribution in [0.5, 0.6) is 11.5 Å². The normalized spacial score (nSPS) is 13.8. The summed E-state index contributed by atoms with van der Waals surface area (Å²) >= 11 is 0. The molecule has 0 aliphatic rings. The van der Waals surface area contributed by atoms with E-state index in [1.807, 2.05) is 20.8 Å². The van der Waals surface area contributed by atoms with E-state index in [0.717, 1.165) is 5.75 Å². The first kappa shape index (κ1) is 22.3. The molecule has 2 atom stereocenters. The lowest BCUT2D eigenvalue weighted by Crippen LogP contribution is -2.52. The van der Waals surface area contributed by atoms with Gasteiger partial charge in [0, 0.05) is 0 Å². The van der Waals surface area contributed by atoms with Gasteiger partial charge in [-0.25, -0.2) is 0 Å². The fraction of sp³-hybridized carbons (Fsp3) is 0.550. The molecule has 1 rings (SSSR count). The molecule has 1 aromatic carbocycles. The zero-order valence-electron chi connectivity index (χ0n) is 16.6. The van der Waals surface area contributed by atoms with Crippen LogP contribution in [0, 0.1) is 17.2 Å². The number of benzene rings is 1. The average Bonchev–Trinajstić information content (AvgIpc) is 2.63. The van der Waals surface area contributed by atoms with Gasteiger partial charge in [0.25, 0.3) is 5.91 Å². The predicted octanol–water partition coefficient (Wildman–Crippen LogP) is 2.84. The molecule has 1 amide bonds. The molecule has 7 nitrogen and oxygen atoms in total. The van der Waals surface area contributed by atoms with Gasteiger partial charge in [0.05, 0.1) is 25.7 Å². The first-order valence-electron chi connectivity index (χ1n) is 9.00. The lowest BCUT2D eigenvalue weighted by atomic mass is 9.90. The van der Waals surface area contributed by atoms with E-state index in [0.29, 0.717) is 12.4 Å². The van der Waals surface area contributed by atoms with Gasteiger partial charge in [-0.1, -0.05) is 13.8 Å². The molecule has 0 bridgehead atoms. The molecule has 0 heterocycles. The Morgan fingerprint density at radius 1 is 1.15 bits per heavy atom. The molecule has 0 radical (unpaired) electrons. The number of amides is 1. The molecule has 1 N–H and O–H groups in total. The third-order valence-corrected chi connectivity index (χ3v) is 4.16. The van der Waals surface area contributed by atoms with Crippen LogP contribution in [0.2, 0.25) is 0 Å². The standard InChI is InChI=1S/C20H28N2O5/c1-6-25-16-7-9-17(10-8-16)26-12-11-18(23)27-15(4)19(24)22-20(5,13-21)14(2)3/h7-10,14-15H,6,11-12H2,1-5H3,(H,22,24). The van der Waals surface area contributed by atoms with Gasteiger partial charge in [0.1, 0.15) is 17.0 Å². The van der Waals surface area contributed by atoms with Crippen molar-refractivity contribution in [3.63, 3.8) is 0 Å². The van der Waals surface area contributed by atoms with Crippen LogP contribution in [0.3, 0.4) is 0 Å². The SMILES string of the molecule is CCOc1ccc(OCCC(=O)OC(C)C(=O)NC(C)(C#N)C(C)C)cc1. The highest BCUT2D eigenvalue weighted by atomic mass is 16.5. The van der Waals surface area contributed by atoms with E-state index in [4.69, 9.17) is 14.2 Å². The fourth-order valence-electron chi connectivity index (χ4n) is 2.02. The summed E-state index contributed by atoms with van der Waals surface area (Å²) in [4.78, 5) is 24.0. The topological polar surface area (TPSA) is 97.7 Å². The van der Waals surface area contributed by atoms with E-state index in [-0.39, 0.29) is 18.9 Å². The number of esters is 1. The first-order chi connectivity index (χ1) is 12.7. The number of carbonyl (C=O) groups is 2. The molecule has 0 aliphatic carbocycles. The maximum Gasteiger partial charge on any atom is 0.310 e. The number of nitriles is 1. The third kappa shape index (κ3) is 7.18. The van der Waals surface area contributed by atoms with Crippen LogP contribution in [-0.2, 0) is 14.3 Å². The van der Waals surface area contributed by atoms with Crippen LogP contribution in [0.1, 0.15) is 41.0 Å². The molecule has 148 valence electrons. The molecule has 1 aromatic rings. The highest BCUT2D eigenvalue weighted by molar-refractivity contribution is 5.84. The van der Waals surface area contributed by atoms with Crippen LogP contribution in [0.4, 0.5) is 0 Å². The van der Waals surface area contributed by atoms with Gasteiger partial charge >= 0.3 is 5.97 Å². The second-order valence-corrected chi connectivity index (χ2v) is 6.59. The van der Waals surface area contributed by atoms with Crippen molar-refractivity contribution in [3.8, 4) is 17.6 Å². The Bertz CT molecular complexity index is 666. The summed E-state index contributed by atoms with van der Waals surface area (Å²) < 4.78 is 15.9. The Morgan fingerprint density at radius 2 is 1.70 bits per heavy atom. The average molecular weight is 376 g/mol. The summed E-state index contributed by atoms with van der Waals surface area (Å²) in [6.07, 6.45) is -0.987. The van der Waals surface area contributed by atoms with Gasteiger partial charge in [0.2, 0.25) is 0 Å². The molecule has 0 saturated heterocycles. The van der Waals surface area contributed by atoms with Crippen LogP contribution in [0.25, 0.3) is 0 Å². The number of hydrogen-bond donors (Lipinski definition) is 1. The lowest BCUT2D eigenvalue weighted by Gasteiger charge is -2.28. The number of nitrogens with one attached hydrogen (secondary N) is 1. The zero-order valence-corrected chi connectivity index (χ0v) is 16.6. The summed E-state index contributed by atoms with van der Waals surface area (Å²) in [6, 6.07) is 9.15. The van der Waals surface area contributed by atoms with Gasteiger partial charge in [-0.05, 0) is 51.0 Å². The quantitative estimate of drug-likeness (QED) is 0.631. The molecule has 0 saturated carbocycles. The summed E-state index contributed by atoms with van der Waals surface area (Å²) in [5.74, 6) is 0.214. The Labute approximate surface area is 160 Å². The van der Waals surface area contributed by atoms with Crippen LogP contribution in [0.15, 0.2) is 24.3 Å². The van der Waals surface area contributed by atoms with Crippen LogP contribution in [-0.4, -0.2) is 36.7 Å². The number of carbonyl (C=O) groups excluding carboxylic acids is 2. The van der Waals surface area contributed by atoms with Crippen molar-refractivity contribution in [2.45, 2.75) is 52.7 Å².